The molecule has 2 aromatic carbocycles. The summed E-state index contributed by atoms with van der Waals surface area (Å²) >= 11 is 0. The summed E-state index contributed by atoms with van der Waals surface area (Å²) in [5.74, 6) is -1.10. The van der Waals surface area contributed by atoms with E-state index in [4.69, 9.17) is 4.74 Å². The largest absolute Gasteiger partial charge is 0.503 e. The summed E-state index contributed by atoms with van der Waals surface area (Å²) < 4.78 is 5.11. The Labute approximate surface area is 171 Å². The molecule has 0 saturated carbocycles. The fourth-order valence-corrected chi connectivity index (χ4v) is 3.80. The van der Waals surface area contributed by atoms with Crippen molar-refractivity contribution in [2.45, 2.75) is 32.2 Å². The van der Waals surface area contributed by atoms with Crippen molar-refractivity contribution in [1.29, 1.82) is 0 Å². The summed E-state index contributed by atoms with van der Waals surface area (Å²) in [5, 5.41) is 10.6. The number of nitrogens with zero attached hydrogens (tertiary/aromatic N) is 1. The standard InChI is InChI=1S/C24H27NO4/c1-17-9-6-7-12-19(17)22-21(20(26)14-13-18-10-4-3-5-11-18)23(27)24(28)25(22)15-8-16-29-2/h3-7,9-12,22,27H,8,13-16H2,1-2H3. The lowest BCUT2D eigenvalue weighted by molar-refractivity contribution is -0.129. The fourth-order valence-electron chi connectivity index (χ4n) is 3.80. The van der Waals surface area contributed by atoms with Gasteiger partial charge in [0.15, 0.2) is 11.5 Å². The molecular formula is C24H27NO4. The lowest BCUT2D eigenvalue weighted by atomic mass is 9.91. The van der Waals surface area contributed by atoms with Crippen molar-refractivity contribution < 1.29 is 19.4 Å². The highest BCUT2D eigenvalue weighted by molar-refractivity contribution is 6.09. The molecule has 1 aliphatic rings. The summed E-state index contributed by atoms with van der Waals surface area (Å²) in [6.45, 7) is 2.86. The minimum atomic E-state index is -0.566. The molecule has 2 aromatic rings. The van der Waals surface area contributed by atoms with Gasteiger partial charge in [-0.3, -0.25) is 9.59 Å². The van der Waals surface area contributed by atoms with Gasteiger partial charge in [0, 0.05) is 26.7 Å². The number of benzene rings is 2. The van der Waals surface area contributed by atoms with E-state index in [2.05, 4.69) is 0 Å². The lowest BCUT2D eigenvalue weighted by Crippen LogP contribution is -2.33. The van der Waals surface area contributed by atoms with E-state index in [-0.39, 0.29) is 17.8 Å². The van der Waals surface area contributed by atoms with E-state index < -0.39 is 17.7 Å². The number of aryl methyl sites for hydroxylation is 2. The number of hydrogen-bond acceptors (Lipinski definition) is 4. The van der Waals surface area contributed by atoms with Crippen LogP contribution in [0.4, 0.5) is 0 Å². The molecule has 0 bridgehead atoms. The summed E-state index contributed by atoms with van der Waals surface area (Å²) in [5.41, 5.74) is 3.10. The first kappa shape index (κ1) is 20.8. The normalized spacial score (nSPS) is 16.6. The number of hydrogen-bond donors (Lipinski definition) is 1. The quantitative estimate of drug-likeness (QED) is 0.656. The summed E-state index contributed by atoms with van der Waals surface area (Å²) in [6, 6.07) is 16.9. The molecule has 5 nitrogen and oxygen atoms in total. The van der Waals surface area contributed by atoms with Crippen molar-refractivity contribution in [2.75, 3.05) is 20.3 Å². The zero-order valence-electron chi connectivity index (χ0n) is 16.9. The topological polar surface area (TPSA) is 66.8 Å². The Morgan fingerprint density at radius 2 is 1.79 bits per heavy atom. The van der Waals surface area contributed by atoms with Crippen LogP contribution in [0.1, 0.15) is 35.6 Å². The Morgan fingerprint density at radius 3 is 2.48 bits per heavy atom. The smallest absolute Gasteiger partial charge is 0.290 e. The highest BCUT2D eigenvalue weighted by Gasteiger charge is 2.43. The van der Waals surface area contributed by atoms with Crippen molar-refractivity contribution in [3.05, 3.63) is 82.6 Å². The molecule has 1 unspecified atom stereocenters. The molecule has 152 valence electrons. The number of aliphatic hydroxyl groups excluding tert-OH is 1. The zero-order chi connectivity index (χ0) is 20.8. The van der Waals surface area contributed by atoms with Gasteiger partial charge >= 0.3 is 0 Å². The highest BCUT2D eigenvalue weighted by atomic mass is 16.5. The van der Waals surface area contributed by atoms with E-state index in [9.17, 15) is 14.7 Å². The second-order valence-electron chi connectivity index (χ2n) is 7.28. The predicted octanol–water partition coefficient (Wildman–Crippen LogP) is 3.93. The number of methoxy groups -OCH3 is 1. The van der Waals surface area contributed by atoms with E-state index in [1.165, 1.54) is 0 Å². The van der Waals surface area contributed by atoms with Crippen LogP contribution in [0, 0.1) is 6.92 Å². The molecule has 3 rings (SSSR count). The Kier molecular flexibility index (Phi) is 6.83. The first-order valence-corrected chi connectivity index (χ1v) is 9.90. The molecule has 1 aliphatic heterocycles. The molecule has 0 radical (unpaired) electrons. The minimum Gasteiger partial charge on any atom is -0.503 e. The van der Waals surface area contributed by atoms with Gasteiger partial charge in [-0.25, -0.2) is 0 Å². The van der Waals surface area contributed by atoms with Crippen molar-refractivity contribution in [3.63, 3.8) is 0 Å². The first-order chi connectivity index (χ1) is 14.0. The Bertz CT molecular complexity index is 904. The average Bonchev–Trinajstić information content (AvgIpc) is 2.98. The predicted molar refractivity (Wildman–Crippen MR) is 112 cm³/mol. The number of rotatable bonds is 9. The van der Waals surface area contributed by atoms with Crippen LogP contribution in [0.5, 0.6) is 0 Å². The molecular weight excluding hydrogens is 366 g/mol. The summed E-state index contributed by atoms with van der Waals surface area (Å²) in [4.78, 5) is 27.5. The SMILES string of the molecule is COCCCN1C(=O)C(O)=C(C(=O)CCc2ccccc2)C1c1ccccc1C. The van der Waals surface area contributed by atoms with Gasteiger partial charge in [-0.15, -0.1) is 0 Å². The van der Waals surface area contributed by atoms with Crippen molar-refractivity contribution in [1.82, 2.24) is 4.90 Å². The van der Waals surface area contributed by atoms with Crippen LogP contribution in [-0.4, -0.2) is 42.0 Å². The third kappa shape index (κ3) is 4.57. The van der Waals surface area contributed by atoms with E-state index >= 15 is 0 Å². The molecule has 1 N–H and O–H groups in total. The molecule has 0 aromatic heterocycles. The number of ketones is 1. The first-order valence-electron chi connectivity index (χ1n) is 9.90. The van der Waals surface area contributed by atoms with Crippen LogP contribution in [-0.2, 0) is 20.7 Å². The number of amides is 1. The van der Waals surface area contributed by atoms with Crippen LogP contribution < -0.4 is 0 Å². The van der Waals surface area contributed by atoms with Crippen LogP contribution >= 0.6 is 0 Å². The number of ether oxygens (including phenoxy) is 1. The average molecular weight is 393 g/mol. The monoisotopic (exact) mass is 393 g/mol. The minimum absolute atomic E-state index is 0.192. The lowest BCUT2D eigenvalue weighted by Gasteiger charge is -2.28. The van der Waals surface area contributed by atoms with Crippen LogP contribution in [0.3, 0.4) is 0 Å². The molecule has 0 fully saturated rings. The van der Waals surface area contributed by atoms with Gasteiger partial charge in [0.25, 0.3) is 5.91 Å². The maximum atomic E-state index is 13.1. The van der Waals surface area contributed by atoms with E-state index in [1.54, 1.807) is 12.0 Å². The van der Waals surface area contributed by atoms with Gasteiger partial charge < -0.3 is 14.7 Å². The maximum absolute atomic E-state index is 13.1. The molecule has 0 spiro atoms. The van der Waals surface area contributed by atoms with Gasteiger partial charge in [0.05, 0.1) is 11.6 Å². The third-order valence-corrected chi connectivity index (χ3v) is 5.32. The van der Waals surface area contributed by atoms with Crippen molar-refractivity contribution >= 4 is 11.7 Å². The molecule has 1 amide bonds. The second kappa shape index (κ2) is 9.52. The van der Waals surface area contributed by atoms with E-state index in [1.807, 2.05) is 61.5 Å². The molecule has 5 heteroatoms. The van der Waals surface area contributed by atoms with Gasteiger partial charge in [-0.05, 0) is 36.5 Å². The van der Waals surface area contributed by atoms with Crippen LogP contribution in [0.15, 0.2) is 65.9 Å². The van der Waals surface area contributed by atoms with E-state index in [0.29, 0.717) is 26.0 Å². The molecule has 1 atom stereocenters. The number of aliphatic hydroxyl groups is 1. The molecule has 29 heavy (non-hydrogen) atoms. The number of carbonyl (C=O) groups is 2. The molecule has 1 heterocycles. The Hall–Kier alpha value is -2.92. The third-order valence-electron chi connectivity index (χ3n) is 5.32. The number of Topliss-reactive ketones (excluding diaryl/α,β-unsaturated/α-hetero) is 1. The fraction of sp³-hybridized carbons (Fsp3) is 0.333. The van der Waals surface area contributed by atoms with Gasteiger partial charge in [0.1, 0.15) is 0 Å². The summed E-state index contributed by atoms with van der Waals surface area (Å²) in [7, 11) is 1.61. The molecule has 0 aliphatic carbocycles. The molecule has 0 saturated heterocycles. The second-order valence-corrected chi connectivity index (χ2v) is 7.28. The van der Waals surface area contributed by atoms with Gasteiger partial charge in [-0.2, -0.15) is 0 Å². The van der Waals surface area contributed by atoms with Crippen LogP contribution in [0.25, 0.3) is 0 Å². The van der Waals surface area contributed by atoms with Crippen LogP contribution in [0.2, 0.25) is 0 Å². The summed E-state index contributed by atoms with van der Waals surface area (Å²) in [6.07, 6.45) is 1.43. The highest BCUT2D eigenvalue weighted by Crippen LogP contribution is 2.39. The van der Waals surface area contributed by atoms with E-state index in [0.717, 1.165) is 16.7 Å². The Morgan fingerprint density at radius 1 is 1.10 bits per heavy atom. The van der Waals surface area contributed by atoms with Crippen molar-refractivity contribution in [2.24, 2.45) is 0 Å². The Balaban J connectivity index is 1.90. The number of carbonyl (C=O) groups excluding carboxylic acids is 2. The van der Waals surface area contributed by atoms with Crippen molar-refractivity contribution in [3.8, 4) is 0 Å². The van der Waals surface area contributed by atoms with Gasteiger partial charge in [0.2, 0.25) is 0 Å². The maximum Gasteiger partial charge on any atom is 0.290 e. The zero-order valence-corrected chi connectivity index (χ0v) is 16.9. The van der Waals surface area contributed by atoms with Gasteiger partial charge in [-0.1, -0.05) is 54.6 Å².